The van der Waals surface area contributed by atoms with Crippen LogP contribution in [0.4, 0.5) is 0 Å². The smallest absolute Gasteiger partial charge is 0.185 e. The highest BCUT2D eigenvalue weighted by atomic mass is 29.3. The molecule has 1 atom stereocenters. The molecule has 24 heavy (non-hydrogen) atoms. The van der Waals surface area contributed by atoms with Gasteiger partial charge in [0.1, 0.15) is 7.59 Å². The first-order chi connectivity index (χ1) is 11.6. The number of hydrogen-bond donors (Lipinski definition) is 1. The SMILES string of the molecule is C[Si]1(C)OC(CCCN)CC[Si]1(c1ccccc1)c1ccccc1. The molecule has 0 bridgehead atoms. The van der Waals surface area contributed by atoms with Gasteiger partial charge in [0.2, 0.25) is 0 Å². The van der Waals surface area contributed by atoms with Crippen LogP contribution in [0.5, 0.6) is 0 Å². The van der Waals surface area contributed by atoms with Gasteiger partial charge in [-0.25, -0.2) is 0 Å². The number of hydrogen-bond acceptors (Lipinski definition) is 2. The summed E-state index contributed by atoms with van der Waals surface area (Å²) in [6.07, 6.45) is 3.76. The number of nitrogens with two attached hydrogens (primary N) is 1. The first-order valence-corrected chi connectivity index (χ1v) is 15.2. The molecule has 0 radical (unpaired) electrons. The van der Waals surface area contributed by atoms with Crippen molar-refractivity contribution >= 4 is 25.8 Å². The van der Waals surface area contributed by atoms with Gasteiger partial charge in [-0.2, -0.15) is 0 Å². The summed E-state index contributed by atoms with van der Waals surface area (Å²) in [5.74, 6) is 0. The molecule has 4 heteroatoms. The zero-order valence-corrected chi connectivity index (χ0v) is 16.9. The third-order valence-electron chi connectivity index (χ3n) is 5.59. The molecule has 2 N–H and O–H groups in total. The van der Waals surface area contributed by atoms with Gasteiger partial charge >= 0.3 is 0 Å². The molecule has 0 aromatic heterocycles. The monoisotopic (exact) mass is 355 g/mol. The average Bonchev–Trinajstić information content (AvgIpc) is 2.61. The van der Waals surface area contributed by atoms with E-state index in [1.54, 1.807) is 10.4 Å². The minimum absolute atomic E-state index is 0.406. The normalized spacial score (nSPS) is 22.2. The second kappa shape index (κ2) is 7.36. The first-order valence-electron chi connectivity index (χ1n) is 9.09. The molecule has 128 valence electrons. The summed E-state index contributed by atoms with van der Waals surface area (Å²) in [6, 6.07) is 23.7. The number of benzene rings is 2. The van der Waals surface area contributed by atoms with Crippen LogP contribution in [0, 0.1) is 0 Å². The van der Waals surface area contributed by atoms with Crippen molar-refractivity contribution in [2.75, 3.05) is 6.54 Å². The van der Waals surface area contributed by atoms with Crippen LogP contribution in [0.15, 0.2) is 60.7 Å². The van der Waals surface area contributed by atoms with Crippen molar-refractivity contribution in [2.24, 2.45) is 5.73 Å². The van der Waals surface area contributed by atoms with E-state index in [1.807, 2.05) is 0 Å². The van der Waals surface area contributed by atoms with E-state index in [0.29, 0.717) is 6.10 Å². The largest absolute Gasteiger partial charge is 0.416 e. The van der Waals surface area contributed by atoms with Crippen LogP contribution in [-0.2, 0) is 4.43 Å². The van der Waals surface area contributed by atoms with Gasteiger partial charge in [0, 0.05) is 6.10 Å². The molecule has 2 nitrogen and oxygen atoms in total. The van der Waals surface area contributed by atoms with Crippen LogP contribution in [0.3, 0.4) is 0 Å². The Morgan fingerprint density at radius 3 is 1.96 bits per heavy atom. The lowest BCUT2D eigenvalue weighted by molar-refractivity contribution is 0.174. The molecule has 1 saturated heterocycles. The van der Waals surface area contributed by atoms with Crippen LogP contribution >= 0.6 is 0 Å². The maximum absolute atomic E-state index is 6.85. The molecule has 0 saturated carbocycles. The number of rotatable bonds is 5. The predicted molar refractivity (Wildman–Crippen MR) is 108 cm³/mol. The maximum atomic E-state index is 6.85. The lowest BCUT2D eigenvalue weighted by atomic mass is 10.1. The molecule has 0 spiro atoms. The summed E-state index contributed by atoms with van der Waals surface area (Å²) in [5.41, 5.74) is 5.71. The molecule has 1 heterocycles. The van der Waals surface area contributed by atoms with E-state index in [-0.39, 0.29) is 0 Å². The van der Waals surface area contributed by atoms with Crippen LogP contribution < -0.4 is 16.1 Å². The van der Waals surface area contributed by atoms with Gasteiger partial charge in [-0.05, 0) is 44.9 Å². The Kier molecular flexibility index (Phi) is 5.40. The first kappa shape index (κ1) is 17.6. The van der Waals surface area contributed by atoms with Gasteiger partial charge in [0.15, 0.2) is 7.83 Å². The van der Waals surface area contributed by atoms with Gasteiger partial charge in [0.05, 0.1) is 0 Å². The summed E-state index contributed by atoms with van der Waals surface area (Å²) in [4.78, 5) is 0. The van der Waals surface area contributed by atoms with Gasteiger partial charge in [-0.3, -0.25) is 0 Å². The predicted octanol–water partition coefficient (Wildman–Crippen LogP) is 3.06. The molecule has 1 fully saturated rings. The summed E-state index contributed by atoms with van der Waals surface area (Å²) >= 11 is 0. The van der Waals surface area contributed by atoms with E-state index < -0.39 is 15.4 Å². The molecule has 1 aliphatic rings. The molecule has 0 amide bonds. The highest BCUT2D eigenvalue weighted by Crippen LogP contribution is 2.35. The zero-order valence-electron chi connectivity index (χ0n) is 14.9. The summed E-state index contributed by atoms with van der Waals surface area (Å²) in [7, 11) is -3.72. The van der Waals surface area contributed by atoms with Crippen LogP contribution in [0.1, 0.15) is 19.3 Å². The van der Waals surface area contributed by atoms with Crippen molar-refractivity contribution in [3.8, 4) is 0 Å². The Morgan fingerprint density at radius 1 is 0.958 bits per heavy atom. The summed E-state index contributed by atoms with van der Waals surface area (Å²) in [6.45, 7) is 5.67. The van der Waals surface area contributed by atoms with E-state index in [0.717, 1.165) is 19.4 Å². The Morgan fingerprint density at radius 2 is 1.50 bits per heavy atom. The third-order valence-corrected chi connectivity index (χ3v) is 21.3. The molecule has 2 aromatic rings. The van der Waals surface area contributed by atoms with E-state index in [2.05, 4.69) is 73.8 Å². The Labute approximate surface area is 148 Å². The highest BCUT2D eigenvalue weighted by Gasteiger charge is 2.56. The topological polar surface area (TPSA) is 35.2 Å². The highest BCUT2D eigenvalue weighted by molar-refractivity contribution is 7.49. The van der Waals surface area contributed by atoms with Gasteiger partial charge < -0.3 is 10.2 Å². The fourth-order valence-corrected chi connectivity index (χ4v) is 19.4. The molecular weight excluding hydrogens is 326 g/mol. The van der Waals surface area contributed by atoms with E-state index in [9.17, 15) is 0 Å². The van der Waals surface area contributed by atoms with Crippen molar-refractivity contribution in [3.05, 3.63) is 60.7 Å². The van der Waals surface area contributed by atoms with Crippen LogP contribution in [-0.4, -0.2) is 28.1 Å². The quantitative estimate of drug-likeness (QED) is 0.837. The zero-order chi connectivity index (χ0) is 17.0. The maximum Gasteiger partial charge on any atom is 0.185 e. The Hall–Kier alpha value is -1.21. The minimum atomic E-state index is -1.87. The van der Waals surface area contributed by atoms with E-state index >= 15 is 0 Å². The van der Waals surface area contributed by atoms with E-state index in [1.165, 1.54) is 12.5 Å². The van der Waals surface area contributed by atoms with Crippen molar-refractivity contribution in [1.82, 2.24) is 0 Å². The molecular formula is C20H29NOSi2. The summed E-state index contributed by atoms with van der Waals surface area (Å²) < 4.78 is 6.85. The molecule has 3 rings (SSSR count). The Balaban J connectivity index is 2.04. The Bertz CT molecular complexity index is 606. The minimum Gasteiger partial charge on any atom is -0.416 e. The molecule has 1 unspecified atom stereocenters. The van der Waals surface area contributed by atoms with Gasteiger partial charge in [-0.15, -0.1) is 0 Å². The lowest BCUT2D eigenvalue weighted by Gasteiger charge is -2.50. The summed E-state index contributed by atoms with van der Waals surface area (Å²) in [5, 5.41) is 3.09. The van der Waals surface area contributed by atoms with Gasteiger partial charge in [0.25, 0.3) is 0 Å². The lowest BCUT2D eigenvalue weighted by Crippen LogP contribution is -2.77. The molecule has 1 aliphatic heterocycles. The second-order valence-corrected chi connectivity index (χ2v) is 20.3. The van der Waals surface area contributed by atoms with Gasteiger partial charge in [-0.1, -0.05) is 71.0 Å². The fraction of sp³-hybridized carbons (Fsp3) is 0.400. The second-order valence-electron chi connectivity index (χ2n) is 7.36. The van der Waals surface area contributed by atoms with Crippen molar-refractivity contribution in [3.63, 3.8) is 0 Å². The molecule has 0 aliphatic carbocycles. The van der Waals surface area contributed by atoms with Crippen LogP contribution in [0.2, 0.25) is 19.1 Å². The van der Waals surface area contributed by atoms with Crippen LogP contribution in [0.25, 0.3) is 0 Å². The third kappa shape index (κ3) is 3.16. The van der Waals surface area contributed by atoms with E-state index in [4.69, 9.17) is 10.2 Å². The molecule has 2 aromatic carbocycles. The van der Waals surface area contributed by atoms with Crippen molar-refractivity contribution < 1.29 is 4.43 Å². The van der Waals surface area contributed by atoms with Crippen molar-refractivity contribution in [2.45, 2.75) is 44.5 Å². The standard InChI is InChI=1S/C20H29NOSi2/c1-23(2)22-18(10-9-16-21)15-17-24(23,19-11-5-3-6-12-19)20-13-7-4-8-14-20/h3-8,11-14,18H,9-10,15-17,21H2,1-2H3. The fourth-order valence-electron chi connectivity index (χ4n) is 4.40. The van der Waals surface area contributed by atoms with Crippen molar-refractivity contribution in [1.29, 1.82) is 0 Å². The average molecular weight is 356 g/mol.